The van der Waals surface area contributed by atoms with Crippen molar-refractivity contribution in [2.24, 2.45) is 0 Å². The number of allylic oxidation sites excluding steroid dienone is 2. The summed E-state index contributed by atoms with van der Waals surface area (Å²) in [6.45, 7) is 1.87. The maximum atomic E-state index is 12.6. The van der Waals surface area contributed by atoms with E-state index in [0.717, 1.165) is 33.0 Å². The van der Waals surface area contributed by atoms with Crippen molar-refractivity contribution in [2.45, 2.75) is 24.8 Å². The Morgan fingerprint density at radius 1 is 1.14 bits per heavy atom. The molecule has 10 nitrogen and oxygen atoms in total. The first-order valence-corrected chi connectivity index (χ1v) is 17.4. The molecule has 0 aliphatic carbocycles. The maximum absolute atomic E-state index is 12.6. The molecule has 5 rings (SSSR count). The van der Waals surface area contributed by atoms with Crippen LogP contribution in [0.1, 0.15) is 19.2 Å². The zero-order valence-electron chi connectivity index (χ0n) is 22.6. The highest BCUT2D eigenvalue weighted by Crippen LogP contribution is 2.47. The van der Waals surface area contributed by atoms with Crippen molar-refractivity contribution in [3.8, 4) is 0 Å². The standard InChI is InChI=1S/C28H26ClN3O7S3/c1-18(15-27-32(17-25(33)30-41(2,34)35)22-16-20(29)9-11-24(22)40-27)14-26-31(12-5-13-42(36,37)38)28-21-7-4-3-6-19(21)8-10-23(28)39-26/h3-4,6-11,14-16H,5,12-13,17H2,1-2H3,(H-,30,33,36,37,38)/p+1. The number of amides is 1. The highest BCUT2D eigenvalue weighted by atomic mass is 35.5. The van der Waals surface area contributed by atoms with E-state index >= 15 is 0 Å². The summed E-state index contributed by atoms with van der Waals surface area (Å²) in [4.78, 5) is 15.1. The smallest absolute Gasteiger partial charge is 0.374 e. The fourth-order valence-electron chi connectivity index (χ4n) is 4.77. The Morgan fingerprint density at radius 3 is 2.64 bits per heavy atom. The second-order valence-corrected chi connectivity index (χ2v) is 14.7. The van der Waals surface area contributed by atoms with Gasteiger partial charge in [-0.2, -0.15) is 13.0 Å². The fourth-order valence-corrected chi connectivity index (χ4v) is 7.06. The Balaban J connectivity index is 1.55. The lowest BCUT2D eigenvalue weighted by atomic mass is 10.1. The van der Waals surface area contributed by atoms with E-state index in [1.807, 2.05) is 64.8 Å². The van der Waals surface area contributed by atoms with Crippen molar-refractivity contribution in [1.82, 2.24) is 4.72 Å². The molecule has 3 aromatic carbocycles. The van der Waals surface area contributed by atoms with E-state index < -0.39 is 31.8 Å². The van der Waals surface area contributed by atoms with Gasteiger partial charge < -0.3 is 9.32 Å². The molecule has 0 atom stereocenters. The molecule has 1 aromatic heterocycles. The number of oxazole rings is 1. The van der Waals surface area contributed by atoms with Crippen LogP contribution in [0, 0.1) is 0 Å². The minimum absolute atomic E-state index is 0.164. The molecule has 1 amide bonds. The molecule has 0 bridgehead atoms. The van der Waals surface area contributed by atoms with Gasteiger partial charge in [0.2, 0.25) is 15.6 Å². The number of carbonyl (C=O) groups excluding carboxylic acids is 1. The molecule has 4 aromatic rings. The summed E-state index contributed by atoms with van der Waals surface area (Å²) in [7, 11) is -7.88. The fraction of sp³-hybridized carbons (Fsp3) is 0.214. The van der Waals surface area contributed by atoms with Gasteiger partial charge in [0, 0.05) is 16.3 Å². The Labute approximate surface area is 252 Å². The molecule has 0 fully saturated rings. The highest BCUT2D eigenvalue weighted by molar-refractivity contribution is 8.03. The molecule has 220 valence electrons. The lowest BCUT2D eigenvalue weighted by molar-refractivity contribution is -0.677. The second kappa shape index (κ2) is 11.7. The monoisotopic (exact) mass is 648 g/mol. The molecule has 14 heteroatoms. The van der Waals surface area contributed by atoms with Gasteiger partial charge in [-0.1, -0.05) is 47.6 Å². The van der Waals surface area contributed by atoms with Crippen LogP contribution in [0.25, 0.3) is 27.9 Å². The first-order valence-electron chi connectivity index (χ1n) is 12.7. The molecule has 2 heterocycles. The first-order chi connectivity index (χ1) is 19.8. The number of nitrogens with zero attached hydrogens (tertiary/aromatic N) is 2. The average Bonchev–Trinajstić information content (AvgIpc) is 3.39. The molecule has 0 saturated carbocycles. The van der Waals surface area contributed by atoms with E-state index in [-0.39, 0.29) is 19.5 Å². The van der Waals surface area contributed by atoms with Gasteiger partial charge in [-0.15, -0.1) is 0 Å². The summed E-state index contributed by atoms with van der Waals surface area (Å²) >= 11 is 7.63. The normalized spacial score (nSPS) is 15.1. The van der Waals surface area contributed by atoms with E-state index in [1.54, 1.807) is 23.1 Å². The Kier molecular flexibility index (Phi) is 8.41. The van der Waals surface area contributed by atoms with Gasteiger partial charge in [0.25, 0.3) is 21.5 Å². The first kappa shape index (κ1) is 30.1. The zero-order chi connectivity index (χ0) is 30.2. The summed E-state index contributed by atoms with van der Waals surface area (Å²) in [5.41, 5.74) is 2.83. The number of carbonyl (C=O) groups is 1. The molecule has 0 radical (unpaired) electrons. The number of nitrogens with one attached hydrogen (secondary N) is 1. The third-order valence-electron chi connectivity index (χ3n) is 6.39. The number of benzene rings is 3. The Hall–Kier alpha value is -3.36. The second-order valence-electron chi connectivity index (χ2n) is 9.83. The van der Waals surface area contributed by atoms with Crippen LogP contribution in [-0.4, -0.2) is 45.8 Å². The number of sulfonamides is 1. The van der Waals surface area contributed by atoms with E-state index in [9.17, 15) is 26.2 Å². The maximum Gasteiger partial charge on any atom is 0.374 e. The summed E-state index contributed by atoms with van der Waals surface area (Å²) in [6, 6.07) is 16.9. The summed E-state index contributed by atoms with van der Waals surface area (Å²) < 4.78 is 65.5. The molecule has 0 unspecified atom stereocenters. The van der Waals surface area contributed by atoms with E-state index in [2.05, 4.69) is 0 Å². The third-order valence-corrected chi connectivity index (χ3v) is 9.14. The number of fused-ring (bicyclic) bond motifs is 4. The van der Waals surface area contributed by atoms with Gasteiger partial charge in [0.15, 0.2) is 6.54 Å². The summed E-state index contributed by atoms with van der Waals surface area (Å²) in [5.74, 6) is -0.624. The van der Waals surface area contributed by atoms with Crippen molar-refractivity contribution >= 4 is 83.0 Å². The van der Waals surface area contributed by atoms with Crippen molar-refractivity contribution in [3.05, 3.63) is 82.2 Å². The van der Waals surface area contributed by atoms with Crippen molar-refractivity contribution in [2.75, 3.05) is 23.5 Å². The molecule has 2 N–H and O–H groups in total. The van der Waals surface area contributed by atoms with Gasteiger partial charge >= 0.3 is 5.89 Å². The van der Waals surface area contributed by atoms with Crippen LogP contribution >= 0.6 is 23.4 Å². The van der Waals surface area contributed by atoms with Crippen LogP contribution in [0.4, 0.5) is 5.69 Å². The highest BCUT2D eigenvalue weighted by Gasteiger charge is 2.29. The van der Waals surface area contributed by atoms with Crippen LogP contribution in [0.5, 0.6) is 0 Å². The van der Waals surface area contributed by atoms with Gasteiger partial charge in [-0.3, -0.25) is 14.1 Å². The van der Waals surface area contributed by atoms with E-state index in [4.69, 9.17) is 16.0 Å². The van der Waals surface area contributed by atoms with Gasteiger partial charge in [-0.25, -0.2) is 8.42 Å². The van der Waals surface area contributed by atoms with Crippen molar-refractivity contribution in [1.29, 1.82) is 0 Å². The molecular formula is C28H27ClN3O7S3+. The number of hydrogen-bond acceptors (Lipinski definition) is 8. The lowest BCUT2D eigenvalue weighted by Gasteiger charge is -2.20. The van der Waals surface area contributed by atoms with Gasteiger partial charge in [0.1, 0.15) is 6.54 Å². The number of aromatic nitrogens is 1. The van der Waals surface area contributed by atoms with Crippen molar-refractivity contribution < 1.29 is 35.2 Å². The topological polar surface area (TPSA) is 138 Å². The molecule has 0 saturated heterocycles. The summed E-state index contributed by atoms with van der Waals surface area (Å²) in [5, 5.41) is 3.06. The SMILES string of the molecule is CC(/C=C1\Sc2ccc(Cl)cc2N1CC(=O)NS(C)(=O)=O)=C\c1oc2ccc3ccccc3c2[n+]1CCCS(=O)(=O)O. The molecule has 1 aliphatic rings. The number of aryl methyl sites for hydroxylation is 1. The van der Waals surface area contributed by atoms with Crippen LogP contribution in [0.15, 0.2) is 80.6 Å². The number of halogens is 1. The quantitative estimate of drug-likeness (QED) is 0.195. The molecule has 0 spiro atoms. The minimum atomic E-state index is -4.14. The van der Waals surface area contributed by atoms with E-state index in [0.29, 0.717) is 27.2 Å². The largest absolute Gasteiger partial charge is 0.398 e. The average molecular weight is 649 g/mol. The summed E-state index contributed by atoms with van der Waals surface area (Å²) in [6.07, 6.45) is 4.73. The number of thioether (sulfide) groups is 1. The van der Waals surface area contributed by atoms with Crippen LogP contribution in [0.3, 0.4) is 0 Å². The predicted octanol–water partition coefficient (Wildman–Crippen LogP) is 4.74. The van der Waals surface area contributed by atoms with Gasteiger partial charge in [0.05, 0.1) is 34.2 Å². The Morgan fingerprint density at radius 2 is 1.90 bits per heavy atom. The molecular weight excluding hydrogens is 622 g/mol. The van der Waals surface area contributed by atoms with Crippen molar-refractivity contribution in [3.63, 3.8) is 0 Å². The molecule has 42 heavy (non-hydrogen) atoms. The number of rotatable bonds is 9. The Bertz CT molecular complexity index is 2000. The lowest BCUT2D eigenvalue weighted by Crippen LogP contribution is -2.38. The minimum Gasteiger partial charge on any atom is -0.398 e. The zero-order valence-corrected chi connectivity index (χ0v) is 25.8. The third kappa shape index (κ3) is 6.98. The number of hydrogen-bond donors (Lipinski definition) is 2. The van der Waals surface area contributed by atoms with Crippen LogP contribution < -0.4 is 14.2 Å². The predicted molar refractivity (Wildman–Crippen MR) is 164 cm³/mol. The number of anilines is 1. The van der Waals surface area contributed by atoms with E-state index in [1.165, 1.54) is 11.8 Å². The molecule has 1 aliphatic heterocycles. The van der Waals surface area contributed by atoms with Crippen LogP contribution in [0.2, 0.25) is 5.02 Å². The van der Waals surface area contributed by atoms with Crippen LogP contribution in [-0.2, 0) is 31.5 Å². The van der Waals surface area contributed by atoms with Gasteiger partial charge in [-0.05, 0) is 54.3 Å².